The van der Waals surface area contributed by atoms with E-state index in [0.717, 1.165) is 51.4 Å². The maximum Gasteiger partial charge on any atom is 0.472 e. The molecule has 11 nitrogen and oxygen atoms in total. The lowest BCUT2D eigenvalue weighted by atomic mass is 10.1. The molecule has 0 aromatic heterocycles. The van der Waals surface area contributed by atoms with Crippen LogP contribution in [0.1, 0.15) is 155 Å². The van der Waals surface area contributed by atoms with Crippen molar-refractivity contribution in [3.8, 4) is 0 Å². The lowest BCUT2D eigenvalue weighted by Gasteiger charge is -2.20. The first kappa shape index (κ1) is 51.2. The lowest BCUT2D eigenvalue weighted by molar-refractivity contribution is -0.161. The standard InChI is InChI=1S/C42H72NO10P/c1-3-5-7-9-11-13-15-17-18-19-20-22-24-26-28-30-32-34-41(45)53-38(36-51-54(48,49)52-37-39(43)42(46)47)35-50-40(44)33-31-29-27-25-23-21-16-14-12-10-8-6-4-2/h11,13,17-18,20-23,26,28,38-39H,3-10,12,14-16,19,24-25,27,29-37,43H2,1-2H3,(H,46,47)(H,48,49)/b13-11+,18-17+,22-20+,23-21+,28-26+/t38-,39+/m1/s1. The van der Waals surface area contributed by atoms with Gasteiger partial charge in [-0.3, -0.25) is 23.4 Å². The minimum absolute atomic E-state index is 0.0800. The van der Waals surface area contributed by atoms with Crippen LogP contribution in [-0.2, 0) is 37.5 Å². The maximum atomic E-state index is 12.6. The van der Waals surface area contributed by atoms with Gasteiger partial charge in [0.15, 0.2) is 6.10 Å². The van der Waals surface area contributed by atoms with Crippen molar-refractivity contribution >= 4 is 25.7 Å². The summed E-state index contributed by atoms with van der Waals surface area (Å²) < 4.78 is 32.5. The number of unbranched alkanes of at least 4 members (excludes halogenated alkanes) is 13. The van der Waals surface area contributed by atoms with E-state index in [1.54, 1.807) is 0 Å². The summed E-state index contributed by atoms with van der Waals surface area (Å²) in [6.45, 7) is 2.67. The van der Waals surface area contributed by atoms with Gasteiger partial charge < -0.3 is 25.2 Å². The first-order valence-electron chi connectivity index (χ1n) is 20.3. The van der Waals surface area contributed by atoms with Crippen LogP contribution >= 0.6 is 7.82 Å². The zero-order valence-corrected chi connectivity index (χ0v) is 34.2. The van der Waals surface area contributed by atoms with Crippen molar-refractivity contribution in [2.45, 2.75) is 167 Å². The monoisotopic (exact) mass is 781 g/mol. The second kappa shape index (κ2) is 37.1. The van der Waals surface area contributed by atoms with Gasteiger partial charge in [-0.25, -0.2) is 4.57 Å². The number of carbonyl (C=O) groups excluding carboxylic acids is 2. The van der Waals surface area contributed by atoms with Gasteiger partial charge in [0.2, 0.25) is 0 Å². The van der Waals surface area contributed by atoms with Gasteiger partial charge in [0.1, 0.15) is 12.6 Å². The highest BCUT2D eigenvalue weighted by Gasteiger charge is 2.28. The first-order chi connectivity index (χ1) is 26.1. The summed E-state index contributed by atoms with van der Waals surface area (Å²) in [4.78, 5) is 45.8. The lowest BCUT2D eigenvalue weighted by Crippen LogP contribution is -2.34. The van der Waals surface area contributed by atoms with Gasteiger partial charge in [0.25, 0.3) is 0 Å². The van der Waals surface area contributed by atoms with Crippen molar-refractivity contribution < 1.29 is 47.5 Å². The SMILES string of the molecule is CCCCC/C=C/C/C=C/C/C=C/C/C=C/CCCC(=O)O[C@H](COC(=O)CCCCC/C=C/CCCCCCCC)COP(=O)(O)OC[C@H](N)C(=O)O. The number of aliphatic carboxylic acids is 1. The molecule has 0 aliphatic carbocycles. The third-order valence-corrected chi connectivity index (χ3v) is 9.19. The van der Waals surface area contributed by atoms with E-state index in [4.69, 9.17) is 24.8 Å². The highest BCUT2D eigenvalue weighted by molar-refractivity contribution is 7.47. The molecule has 3 atom stereocenters. The fraction of sp³-hybridized carbons (Fsp3) is 0.690. The van der Waals surface area contributed by atoms with Crippen molar-refractivity contribution in [2.75, 3.05) is 19.8 Å². The molecular weight excluding hydrogens is 709 g/mol. The number of nitrogens with two attached hydrogens (primary N) is 1. The van der Waals surface area contributed by atoms with Crippen molar-refractivity contribution in [3.63, 3.8) is 0 Å². The van der Waals surface area contributed by atoms with Crippen molar-refractivity contribution in [1.29, 1.82) is 0 Å². The second-order valence-corrected chi connectivity index (χ2v) is 14.9. The second-order valence-electron chi connectivity index (χ2n) is 13.4. The van der Waals surface area contributed by atoms with Crippen molar-refractivity contribution in [1.82, 2.24) is 0 Å². The summed E-state index contributed by atoms with van der Waals surface area (Å²) in [7, 11) is -4.73. The number of hydrogen-bond donors (Lipinski definition) is 3. The summed E-state index contributed by atoms with van der Waals surface area (Å²) in [5, 5.41) is 8.87. The smallest absolute Gasteiger partial charge is 0.472 e. The Balaban J connectivity index is 4.55. The summed E-state index contributed by atoms with van der Waals surface area (Å²) in [5.41, 5.74) is 5.32. The molecule has 0 bridgehead atoms. The highest BCUT2D eigenvalue weighted by Crippen LogP contribution is 2.43. The van der Waals surface area contributed by atoms with E-state index >= 15 is 0 Å². The van der Waals surface area contributed by atoms with E-state index in [0.29, 0.717) is 19.3 Å². The third kappa shape index (κ3) is 36.2. The average Bonchev–Trinajstić information content (AvgIpc) is 3.14. The molecule has 12 heteroatoms. The largest absolute Gasteiger partial charge is 0.480 e. The predicted molar refractivity (Wildman–Crippen MR) is 217 cm³/mol. The van der Waals surface area contributed by atoms with Gasteiger partial charge in [-0.15, -0.1) is 0 Å². The van der Waals surface area contributed by atoms with E-state index in [1.807, 2.05) is 12.2 Å². The molecule has 0 saturated heterocycles. The molecule has 0 heterocycles. The normalized spacial score (nSPS) is 14.4. The molecule has 310 valence electrons. The van der Waals surface area contributed by atoms with E-state index < -0.39 is 51.1 Å². The molecular formula is C42H72NO10P. The fourth-order valence-electron chi connectivity index (χ4n) is 4.99. The molecule has 0 radical (unpaired) electrons. The van der Waals surface area contributed by atoms with Crippen LogP contribution in [0.2, 0.25) is 0 Å². The number of hydrogen-bond acceptors (Lipinski definition) is 9. The van der Waals surface area contributed by atoms with Gasteiger partial charge in [-0.1, -0.05) is 126 Å². The molecule has 0 amide bonds. The number of ether oxygens (including phenoxy) is 2. The number of phosphoric acid groups is 1. The molecule has 1 unspecified atom stereocenters. The zero-order valence-electron chi connectivity index (χ0n) is 33.3. The van der Waals surface area contributed by atoms with Crippen LogP contribution < -0.4 is 5.73 Å². The highest BCUT2D eigenvalue weighted by atomic mass is 31.2. The number of esters is 2. The van der Waals surface area contributed by atoms with Crippen LogP contribution in [0.15, 0.2) is 60.8 Å². The quantitative estimate of drug-likeness (QED) is 0.0237. The minimum atomic E-state index is -4.73. The summed E-state index contributed by atoms with van der Waals surface area (Å²) >= 11 is 0. The molecule has 0 spiro atoms. The Morgan fingerprint density at radius 2 is 1.00 bits per heavy atom. The van der Waals surface area contributed by atoms with Gasteiger partial charge in [0, 0.05) is 12.8 Å². The summed E-state index contributed by atoms with van der Waals surface area (Å²) in [6.07, 6.45) is 41.5. The van der Waals surface area contributed by atoms with Gasteiger partial charge in [0.05, 0.1) is 13.2 Å². The Morgan fingerprint density at radius 1 is 0.574 bits per heavy atom. The first-order valence-corrected chi connectivity index (χ1v) is 21.8. The number of allylic oxidation sites excluding steroid dienone is 10. The van der Waals surface area contributed by atoms with Gasteiger partial charge in [-0.2, -0.15) is 0 Å². The molecule has 0 aliphatic rings. The predicted octanol–water partition coefficient (Wildman–Crippen LogP) is 10.4. The number of phosphoric ester groups is 1. The Hall–Kier alpha value is -2.82. The molecule has 54 heavy (non-hydrogen) atoms. The van der Waals surface area contributed by atoms with Crippen LogP contribution in [-0.4, -0.2) is 59.9 Å². The van der Waals surface area contributed by atoms with Crippen molar-refractivity contribution in [2.24, 2.45) is 5.73 Å². The number of carbonyl (C=O) groups is 3. The van der Waals surface area contributed by atoms with Crippen LogP contribution in [0.25, 0.3) is 0 Å². The third-order valence-electron chi connectivity index (χ3n) is 8.24. The molecule has 0 rings (SSSR count). The number of carboxylic acid groups (broad SMARTS) is 1. The van der Waals surface area contributed by atoms with Crippen LogP contribution in [0.3, 0.4) is 0 Å². The van der Waals surface area contributed by atoms with Gasteiger partial charge >= 0.3 is 25.7 Å². The number of rotatable bonds is 37. The zero-order chi connectivity index (χ0) is 40.0. The maximum absolute atomic E-state index is 12.6. The molecule has 0 fully saturated rings. The van der Waals surface area contributed by atoms with Crippen LogP contribution in [0, 0.1) is 0 Å². The minimum Gasteiger partial charge on any atom is -0.480 e. The average molecular weight is 782 g/mol. The molecule has 0 aromatic carbocycles. The van der Waals surface area contributed by atoms with E-state index in [9.17, 15) is 23.8 Å². The molecule has 0 saturated carbocycles. The molecule has 0 aromatic rings. The van der Waals surface area contributed by atoms with Crippen LogP contribution in [0.5, 0.6) is 0 Å². The van der Waals surface area contributed by atoms with E-state index in [1.165, 1.54) is 57.8 Å². The van der Waals surface area contributed by atoms with E-state index in [2.05, 4.69) is 67.0 Å². The fourth-order valence-corrected chi connectivity index (χ4v) is 5.77. The Bertz CT molecular complexity index is 1150. The Kier molecular flexibility index (Phi) is 35.2. The topological polar surface area (TPSA) is 172 Å². The van der Waals surface area contributed by atoms with Gasteiger partial charge in [-0.05, 0) is 77.0 Å². The number of carboxylic acids is 1. The summed E-state index contributed by atoms with van der Waals surface area (Å²) in [5.74, 6) is -2.48. The molecule has 0 aliphatic heterocycles. The summed E-state index contributed by atoms with van der Waals surface area (Å²) in [6, 6.07) is -1.53. The van der Waals surface area contributed by atoms with E-state index in [-0.39, 0.29) is 19.4 Å². The van der Waals surface area contributed by atoms with Crippen molar-refractivity contribution in [3.05, 3.63) is 60.8 Å². The van der Waals surface area contributed by atoms with Crippen LogP contribution in [0.4, 0.5) is 0 Å². The Morgan fingerprint density at radius 3 is 1.57 bits per heavy atom. The Labute approximate surface area is 326 Å². The molecule has 4 N–H and O–H groups in total.